The van der Waals surface area contributed by atoms with Crippen LogP contribution in [0.25, 0.3) is 5.57 Å². The highest BCUT2D eigenvalue weighted by Gasteiger charge is 2.27. The molecule has 0 bridgehead atoms. The van der Waals surface area contributed by atoms with Gasteiger partial charge in [-0.3, -0.25) is 4.79 Å². The number of hydrogen-bond acceptors (Lipinski definition) is 6. The van der Waals surface area contributed by atoms with Gasteiger partial charge < -0.3 is 25.2 Å². The number of benzene rings is 2. The number of halogens is 1. The molecule has 158 valence electrons. The highest BCUT2D eigenvalue weighted by atomic mass is 35.5. The van der Waals surface area contributed by atoms with Crippen molar-refractivity contribution >= 4 is 34.7 Å². The molecule has 3 rings (SSSR count). The smallest absolute Gasteiger partial charge is 0.329 e. The second kappa shape index (κ2) is 10.2. The molecule has 8 heteroatoms. The predicted molar refractivity (Wildman–Crippen MR) is 114 cm³/mol. The van der Waals surface area contributed by atoms with Crippen LogP contribution in [0.3, 0.4) is 0 Å². The Morgan fingerprint density at radius 1 is 1.17 bits per heavy atom. The lowest BCUT2D eigenvalue weighted by Gasteiger charge is -2.26. The van der Waals surface area contributed by atoms with E-state index in [2.05, 4.69) is 10.6 Å². The lowest BCUT2D eigenvalue weighted by molar-refractivity contribution is -0.147. The van der Waals surface area contributed by atoms with E-state index in [0.717, 1.165) is 16.8 Å². The summed E-state index contributed by atoms with van der Waals surface area (Å²) in [6.07, 6.45) is 0.875. The van der Waals surface area contributed by atoms with Gasteiger partial charge in [-0.2, -0.15) is 0 Å². The van der Waals surface area contributed by atoms with E-state index in [1.807, 2.05) is 24.3 Å². The van der Waals surface area contributed by atoms with Crippen LogP contribution in [-0.2, 0) is 14.3 Å². The van der Waals surface area contributed by atoms with E-state index >= 15 is 0 Å². The van der Waals surface area contributed by atoms with Gasteiger partial charge in [0, 0.05) is 35.4 Å². The van der Waals surface area contributed by atoms with Crippen LogP contribution in [0, 0.1) is 0 Å². The van der Waals surface area contributed by atoms with Gasteiger partial charge in [-0.15, -0.1) is 0 Å². The summed E-state index contributed by atoms with van der Waals surface area (Å²) >= 11 is 5.88. The van der Waals surface area contributed by atoms with E-state index < -0.39 is 24.1 Å². The van der Waals surface area contributed by atoms with Crippen LogP contribution in [0.1, 0.15) is 22.3 Å². The first kappa shape index (κ1) is 21.8. The number of aliphatic hydroxyl groups excluding tert-OH is 1. The minimum absolute atomic E-state index is 0.0719. The van der Waals surface area contributed by atoms with E-state index in [9.17, 15) is 14.7 Å². The standard InChI is InChI=1S/C22H23ClN2O5/c1-29-10-11-30-22(28)19(25-21(27)14-6-8-16(23)9-7-14)12-15-13-20(26)24-18-5-3-2-4-17(15)18/h2-9,13,19-20,24,26H,10-12H2,1H3,(H,25,27). The number of para-hydroxylation sites is 1. The van der Waals surface area contributed by atoms with Crippen LogP contribution >= 0.6 is 11.6 Å². The number of hydrogen-bond donors (Lipinski definition) is 3. The maximum absolute atomic E-state index is 12.7. The number of esters is 1. The SMILES string of the molecule is COCCOC(=O)C(CC1=CC(O)Nc2ccccc21)NC(=O)c1ccc(Cl)cc1. The number of rotatable bonds is 8. The number of carbonyl (C=O) groups excluding carboxylic acids is 2. The summed E-state index contributed by atoms with van der Waals surface area (Å²) in [6.45, 7) is 0.320. The van der Waals surface area contributed by atoms with Gasteiger partial charge in [-0.05, 0) is 42.0 Å². The van der Waals surface area contributed by atoms with Crippen molar-refractivity contribution in [2.75, 3.05) is 25.6 Å². The summed E-state index contributed by atoms with van der Waals surface area (Å²) in [6, 6.07) is 12.8. The first-order chi connectivity index (χ1) is 14.5. The molecule has 2 aromatic rings. The van der Waals surface area contributed by atoms with Gasteiger partial charge in [0.05, 0.1) is 6.61 Å². The lowest BCUT2D eigenvalue weighted by Crippen LogP contribution is -2.42. The number of ether oxygens (including phenoxy) is 2. The molecular formula is C22H23ClN2O5. The van der Waals surface area contributed by atoms with Crippen LogP contribution in [-0.4, -0.2) is 49.6 Å². The Bertz CT molecular complexity index is 929. The average Bonchev–Trinajstić information content (AvgIpc) is 2.73. The van der Waals surface area contributed by atoms with Gasteiger partial charge in [0.1, 0.15) is 18.9 Å². The molecule has 2 unspecified atom stereocenters. The molecule has 1 aliphatic heterocycles. The first-order valence-corrected chi connectivity index (χ1v) is 9.82. The highest BCUT2D eigenvalue weighted by Crippen LogP contribution is 2.32. The third kappa shape index (κ3) is 5.60. The first-order valence-electron chi connectivity index (χ1n) is 9.44. The van der Waals surface area contributed by atoms with Gasteiger partial charge in [-0.1, -0.05) is 29.8 Å². The second-order valence-electron chi connectivity index (χ2n) is 6.72. The van der Waals surface area contributed by atoms with E-state index in [-0.39, 0.29) is 19.6 Å². The molecule has 7 nitrogen and oxygen atoms in total. The summed E-state index contributed by atoms with van der Waals surface area (Å²) in [4.78, 5) is 25.4. The van der Waals surface area contributed by atoms with Gasteiger partial charge >= 0.3 is 5.97 Å². The van der Waals surface area contributed by atoms with Crippen molar-refractivity contribution in [3.05, 3.63) is 70.8 Å². The number of carbonyl (C=O) groups is 2. The lowest BCUT2D eigenvalue weighted by atomic mass is 9.93. The van der Waals surface area contributed by atoms with E-state index in [0.29, 0.717) is 10.6 Å². The minimum atomic E-state index is -0.949. The Labute approximate surface area is 179 Å². The fraction of sp³-hybridized carbons (Fsp3) is 0.273. The third-order valence-corrected chi connectivity index (χ3v) is 4.84. The molecule has 1 heterocycles. The van der Waals surface area contributed by atoms with E-state index in [1.165, 1.54) is 7.11 Å². The fourth-order valence-corrected chi connectivity index (χ4v) is 3.26. The Morgan fingerprint density at radius 2 is 1.90 bits per heavy atom. The fourth-order valence-electron chi connectivity index (χ4n) is 3.13. The molecule has 0 aromatic heterocycles. The average molecular weight is 431 g/mol. The molecule has 2 aromatic carbocycles. The molecule has 30 heavy (non-hydrogen) atoms. The molecule has 2 atom stereocenters. The predicted octanol–water partition coefficient (Wildman–Crippen LogP) is 2.85. The van der Waals surface area contributed by atoms with Gasteiger partial charge in [0.15, 0.2) is 0 Å². The van der Waals surface area contributed by atoms with Crippen molar-refractivity contribution in [3.63, 3.8) is 0 Å². The van der Waals surface area contributed by atoms with Crippen LogP contribution in [0.5, 0.6) is 0 Å². The number of anilines is 1. The van der Waals surface area contributed by atoms with Crippen LogP contribution < -0.4 is 10.6 Å². The van der Waals surface area contributed by atoms with Crippen molar-refractivity contribution in [2.45, 2.75) is 18.7 Å². The van der Waals surface area contributed by atoms with Gasteiger partial charge in [0.2, 0.25) is 0 Å². The summed E-state index contributed by atoms with van der Waals surface area (Å²) < 4.78 is 10.2. The molecule has 1 aliphatic rings. The molecule has 0 saturated carbocycles. The van der Waals surface area contributed by atoms with Crippen LogP contribution in [0.4, 0.5) is 5.69 Å². The molecular weight excluding hydrogens is 408 g/mol. The molecule has 3 N–H and O–H groups in total. The monoisotopic (exact) mass is 430 g/mol. The summed E-state index contributed by atoms with van der Waals surface area (Å²) in [5.41, 5.74) is 2.69. The van der Waals surface area contributed by atoms with E-state index in [4.69, 9.17) is 21.1 Å². The normalized spacial score (nSPS) is 16.0. The van der Waals surface area contributed by atoms with E-state index in [1.54, 1.807) is 30.3 Å². The second-order valence-corrected chi connectivity index (χ2v) is 7.16. The number of aliphatic hydroxyl groups is 1. The zero-order valence-electron chi connectivity index (χ0n) is 16.4. The molecule has 0 radical (unpaired) electrons. The van der Waals surface area contributed by atoms with Crippen LogP contribution in [0.15, 0.2) is 54.6 Å². The van der Waals surface area contributed by atoms with Crippen molar-refractivity contribution in [1.82, 2.24) is 5.32 Å². The maximum Gasteiger partial charge on any atom is 0.329 e. The van der Waals surface area contributed by atoms with Crippen molar-refractivity contribution in [1.29, 1.82) is 0 Å². The Balaban J connectivity index is 1.81. The number of amides is 1. The van der Waals surface area contributed by atoms with Crippen molar-refractivity contribution in [2.24, 2.45) is 0 Å². The number of nitrogens with one attached hydrogen (secondary N) is 2. The molecule has 0 aliphatic carbocycles. The topological polar surface area (TPSA) is 96.9 Å². The Hall–Kier alpha value is -2.87. The highest BCUT2D eigenvalue weighted by molar-refractivity contribution is 6.30. The van der Waals surface area contributed by atoms with Crippen molar-refractivity contribution < 1.29 is 24.2 Å². The van der Waals surface area contributed by atoms with Crippen LogP contribution in [0.2, 0.25) is 5.02 Å². The molecule has 1 amide bonds. The number of fused-ring (bicyclic) bond motifs is 1. The maximum atomic E-state index is 12.7. The minimum Gasteiger partial charge on any atom is -0.462 e. The van der Waals surface area contributed by atoms with Gasteiger partial charge in [-0.25, -0.2) is 4.79 Å². The Kier molecular flexibility index (Phi) is 7.46. The molecule has 0 spiro atoms. The summed E-state index contributed by atoms with van der Waals surface area (Å²) in [7, 11) is 1.51. The number of methoxy groups -OCH3 is 1. The molecule has 0 fully saturated rings. The zero-order chi connectivity index (χ0) is 21.5. The molecule has 0 saturated heterocycles. The third-order valence-electron chi connectivity index (χ3n) is 4.59. The Morgan fingerprint density at radius 3 is 2.63 bits per heavy atom. The quantitative estimate of drug-likeness (QED) is 0.440. The zero-order valence-corrected chi connectivity index (χ0v) is 17.2. The summed E-state index contributed by atoms with van der Waals surface area (Å²) in [5, 5.41) is 16.3. The largest absolute Gasteiger partial charge is 0.462 e. The van der Waals surface area contributed by atoms with Crippen molar-refractivity contribution in [3.8, 4) is 0 Å². The van der Waals surface area contributed by atoms with Gasteiger partial charge in [0.25, 0.3) is 5.91 Å². The summed E-state index contributed by atoms with van der Waals surface area (Å²) in [5.74, 6) is -1.01.